The summed E-state index contributed by atoms with van der Waals surface area (Å²) < 4.78 is 39.8. The lowest BCUT2D eigenvalue weighted by Crippen LogP contribution is -2.45. The van der Waals surface area contributed by atoms with Crippen molar-refractivity contribution in [1.82, 2.24) is 10.6 Å². The zero-order chi connectivity index (χ0) is 35.0. The molecule has 2 rings (SSSR count). The van der Waals surface area contributed by atoms with Crippen LogP contribution in [0.15, 0.2) is 46.2 Å². The lowest BCUT2D eigenvalue weighted by atomic mass is 10.0. The molecule has 2 amide bonds. The molecule has 0 bridgehead atoms. The Balaban J connectivity index is 2.34. The molecular weight excluding hydrogens is 635 g/mol. The Labute approximate surface area is 278 Å². The first kappa shape index (κ1) is 39.1. The van der Waals surface area contributed by atoms with Crippen LogP contribution < -0.4 is 10.6 Å². The Morgan fingerprint density at radius 1 is 0.652 bits per heavy atom. The van der Waals surface area contributed by atoms with Crippen molar-refractivity contribution in [2.45, 2.75) is 115 Å². The molecule has 0 aromatic heterocycles. The quantitative estimate of drug-likeness (QED) is 0.163. The number of carbonyl (C=O) groups excluding carboxylic acids is 4. The van der Waals surface area contributed by atoms with E-state index >= 15 is 0 Å². The molecule has 0 fully saturated rings. The minimum absolute atomic E-state index is 0.0587. The van der Waals surface area contributed by atoms with Gasteiger partial charge in [-0.3, -0.25) is 9.59 Å². The third kappa shape index (κ3) is 13.3. The minimum Gasteiger partial charge on any atom is -0.458 e. The van der Waals surface area contributed by atoms with E-state index in [0.717, 1.165) is 45.9 Å². The number of rotatable bonds is 13. The van der Waals surface area contributed by atoms with Crippen molar-refractivity contribution >= 4 is 45.3 Å². The molecular formula is C34H46F2N2O6S2. The predicted molar refractivity (Wildman–Crippen MR) is 178 cm³/mol. The van der Waals surface area contributed by atoms with Crippen LogP contribution in [0.4, 0.5) is 8.78 Å². The van der Waals surface area contributed by atoms with Gasteiger partial charge in [-0.05, 0) is 103 Å². The second kappa shape index (κ2) is 16.6. The summed E-state index contributed by atoms with van der Waals surface area (Å²) in [6.45, 7) is 18.0. The second-order valence-corrected chi connectivity index (χ2v) is 16.0. The van der Waals surface area contributed by atoms with Gasteiger partial charge in [0.1, 0.15) is 34.9 Å². The highest BCUT2D eigenvalue weighted by atomic mass is 33.1. The molecule has 2 aromatic carbocycles. The monoisotopic (exact) mass is 680 g/mol. The van der Waals surface area contributed by atoms with Crippen molar-refractivity contribution in [1.29, 1.82) is 0 Å². The number of esters is 2. The van der Waals surface area contributed by atoms with Gasteiger partial charge in [-0.1, -0.05) is 49.3 Å². The third-order valence-electron chi connectivity index (χ3n) is 6.01. The molecule has 0 aliphatic rings. The van der Waals surface area contributed by atoms with Crippen LogP contribution in [0.25, 0.3) is 0 Å². The Morgan fingerprint density at radius 3 is 1.26 bits per heavy atom. The van der Waals surface area contributed by atoms with E-state index < -0.39 is 58.7 Å². The SMILES string of the molecule is CC(C)CC(NC(=O)c1ccc(F)cc1SSc1cc(F)ccc1C(=O)NC(CC(C)C)C(=O)OC(C)(C)C)C(=O)OC(C)(C)C. The van der Waals surface area contributed by atoms with Crippen LogP contribution >= 0.6 is 21.6 Å². The second-order valence-electron chi connectivity index (χ2n) is 13.8. The first-order valence-corrected chi connectivity index (χ1v) is 17.3. The van der Waals surface area contributed by atoms with E-state index in [0.29, 0.717) is 12.8 Å². The number of carbonyl (C=O) groups is 4. The lowest BCUT2D eigenvalue weighted by molar-refractivity contribution is -0.158. The highest BCUT2D eigenvalue weighted by Gasteiger charge is 2.30. The molecule has 0 saturated carbocycles. The number of ether oxygens (including phenoxy) is 2. The van der Waals surface area contributed by atoms with Crippen LogP contribution in [0.1, 0.15) is 103 Å². The van der Waals surface area contributed by atoms with Gasteiger partial charge in [-0.15, -0.1) is 0 Å². The Morgan fingerprint density at radius 2 is 0.978 bits per heavy atom. The maximum absolute atomic E-state index is 14.4. The van der Waals surface area contributed by atoms with Gasteiger partial charge in [0.05, 0.1) is 11.1 Å². The number of hydrogen-bond acceptors (Lipinski definition) is 8. The number of hydrogen-bond donors (Lipinski definition) is 2. The van der Waals surface area contributed by atoms with Crippen LogP contribution in [0, 0.1) is 23.5 Å². The summed E-state index contributed by atoms with van der Waals surface area (Å²) in [7, 11) is 1.89. The molecule has 254 valence electrons. The van der Waals surface area contributed by atoms with Crippen molar-refractivity contribution < 1.29 is 37.4 Å². The van der Waals surface area contributed by atoms with Crippen LogP contribution in [0.3, 0.4) is 0 Å². The molecule has 0 saturated heterocycles. The van der Waals surface area contributed by atoms with Gasteiger partial charge in [0, 0.05) is 9.79 Å². The molecule has 8 nitrogen and oxygen atoms in total. The summed E-state index contributed by atoms with van der Waals surface area (Å²) in [4.78, 5) is 53.0. The van der Waals surface area contributed by atoms with E-state index in [2.05, 4.69) is 10.6 Å². The van der Waals surface area contributed by atoms with E-state index in [1.807, 2.05) is 27.7 Å². The molecule has 2 aromatic rings. The summed E-state index contributed by atoms with van der Waals surface area (Å²) in [5.41, 5.74) is -1.36. The normalized spacial score (nSPS) is 13.3. The Bertz CT molecular complexity index is 1300. The first-order chi connectivity index (χ1) is 21.1. The zero-order valence-corrected chi connectivity index (χ0v) is 29.8. The summed E-state index contributed by atoms with van der Waals surface area (Å²) in [5.74, 6) is -3.52. The van der Waals surface area contributed by atoms with Gasteiger partial charge >= 0.3 is 11.9 Å². The third-order valence-corrected chi connectivity index (χ3v) is 8.45. The van der Waals surface area contributed by atoms with Crippen molar-refractivity contribution in [3.05, 3.63) is 59.2 Å². The number of nitrogens with one attached hydrogen (secondary N) is 2. The molecule has 2 unspecified atom stereocenters. The Hall–Kier alpha value is -3.12. The highest BCUT2D eigenvalue weighted by molar-refractivity contribution is 8.76. The van der Waals surface area contributed by atoms with Gasteiger partial charge in [0.2, 0.25) is 0 Å². The molecule has 0 heterocycles. The lowest BCUT2D eigenvalue weighted by Gasteiger charge is -2.26. The van der Waals surface area contributed by atoms with Crippen molar-refractivity contribution in [2.24, 2.45) is 11.8 Å². The smallest absolute Gasteiger partial charge is 0.329 e. The zero-order valence-electron chi connectivity index (χ0n) is 28.2. The molecule has 12 heteroatoms. The summed E-state index contributed by atoms with van der Waals surface area (Å²) in [6.07, 6.45) is 0.643. The van der Waals surface area contributed by atoms with Crippen molar-refractivity contribution in [3.8, 4) is 0 Å². The molecule has 46 heavy (non-hydrogen) atoms. The predicted octanol–water partition coefficient (Wildman–Crippen LogP) is 7.74. The van der Waals surface area contributed by atoms with Crippen LogP contribution in [-0.2, 0) is 19.1 Å². The molecule has 0 spiro atoms. The van der Waals surface area contributed by atoms with E-state index in [-0.39, 0.29) is 32.8 Å². The van der Waals surface area contributed by atoms with Crippen molar-refractivity contribution in [3.63, 3.8) is 0 Å². The van der Waals surface area contributed by atoms with Crippen LogP contribution in [0.5, 0.6) is 0 Å². The van der Waals surface area contributed by atoms with Gasteiger partial charge in [0.25, 0.3) is 11.8 Å². The maximum atomic E-state index is 14.4. The average molecular weight is 681 g/mol. The summed E-state index contributed by atoms with van der Waals surface area (Å²) >= 11 is 0. The van der Waals surface area contributed by atoms with E-state index in [1.54, 1.807) is 41.5 Å². The van der Waals surface area contributed by atoms with Gasteiger partial charge in [-0.25, -0.2) is 18.4 Å². The topological polar surface area (TPSA) is 111 Å². The molecule has 0 aliphatic carbocycles. The maximum Gasteiger partial charge on any atom is 0.329 e. The molecule has 0 aliphatic heterocycles. The van der Waals surface area contributed by atoms with Crippen LogP contribution in [0.2, 0.25) is 0 Å². The fourth-order valence-electron chi connectivity index (χ4n) is 4.18. The Kier molecular flexibility index (Phi) is 14.1. The number of benzene rings is 2. The summed E-state index contributed by atoms with van der Waals surface area (Å²) in [5, 5.41) is 5.44. The van der Waals surface area contributed by atoms with Crippen molar-refractivity contribution in [2.75, 3.05) is 0 Å². The summed E-state index contributed by atoms with van der Waals surface area (Å²) in [6, 6.07) is 5.27. The minimum atomic E-state index is -0.940. The molecule has 2 N–H and O–H groups in total. The molecule has 0 radical (unpaired) electrons. The largest absolute Gasteiger partial charge is 0.458 e. The van der Waals surface area contributed by atoms with E-state index in [4.69, 9.17) is 9.47 Å². The average Bonchev–Trinajstić information content (AvgIpc) is 2.88. The highest BCUT2D eigenvalue weighted by Crippen LogP contribution is 2.41. The first-order valence-electron chi connectivity index (χ1n) is 15.2. The number of amides is 2. The fourth-order valence-corrected chi connectivity index (χ4v) is 6.55. The molecule has 2 atom stereocenters. The van der Waals surface area contributed by atoms with E-state index in [9.17, 15) is 28.0 Å². The van der Waals surface area contributed by atoms with Gasteiger partial charge in [0.15, 0.2) is 0 Å². The van der Waals surface area contributed by atoms with Gasteiger partial charge in [-0.2, -0.15) is 0 Å². The standard InChI is InChI=1S/C34H46F2N2O6S2/c1-19(2)15-25(31(41)43-33(5,6)7)37-29(39)23-13-11-21(35)17-27(23)45-46-28-18-22(36)12-14-24(28)30(40)38-26(16-20(3)4)32(42)44-34(8,9)10/h11-14,17-20,25-26H,15-16H2,1-10H3,(H,37,39)(H,38,40). The number of halogens is 2. The van der Waals surface area contributed by atoms with Crippen LogP contribution in [-0.4, -0.2) is 47.0 Å². The van der Waals surface area contributed by atoms with E-state index in [1.165, 1.54) is 12.1 Å². The van der Waals surface area contributed by atoms with Gasteiger partial charge < -0.3 is 20.1 Å². The fraction of sp³-hybridized carbons (Fsp3) is 0.529.